The van der Waals surface area contributed by atoms with Crippen LogP contribution in [-0.2, 0) is 14.3 Å². The molecular formula is C9H15NO3. The molecule has 0 amide bonds. The summed E-state index contributed by atoms with van der Waals surface area (Å²) in [5.74, 6) is -0.460. The highest BCUT2D eigenvalue weighted by molar-refractivity contribution is 6.04. The number of esters is 1. The lowest BCUT2D eigenvalue weighted by Crippen LogP contribution is -2.49. The molecule has 0 aliphatic carbocycles. The van der Waals surface area contributed by atoms with Gasteiger partial charge in [-0.15, -0.1) is 0 Å². The van der Waals surface area contributed by atoms with Crippen molar-refractivity contribution < 1.29 is 14.3 Å². The zero-order chi connectivity index (χ0) is 10.1. The largest absolute Gasteiger partial charge is 0.468 e. The maximum Gasteiger partial charge on any atom is 0.319 e. The SMILES string of the molecule is COC(=O)C1(C)CCN(C)CC1=O. The van der Waals surface area contributed by atoms with Gasteiger partial charge in [0.15, 0.2) is 5.78 Å². The van der Waals surface area contributed by atoms with Gasteiger partial charge in [0, 0.05) is 0 Å². The van der Waals surface area contributed by atoms with Crippen LogP contribution in [0.5, 0.6) is 0 Å². The fourth-order valence-corrected chi connectivity index (χ4v) is 1.49. The molecule has 0 aromatic heterocycles. The summed E-state index contributed by atoms with van der Waals surface area (Å²) >= 11 is 0. The summed E-state index contributed by atoms with van der Waals surface area (Å²) in [6.07, 6.45) is 0.551. The van der Waals surface area contributed by atoms with Gasteiger partial charge in [-0.05, 0) is 26.9 Å². The molecule has 1 unspecified atom stereocenters. The first-order valence-electron chi connectivity index (χ1n) is 4.31. The number of Topliss-reactive ketones (excluding diaryl/α,β-unsaturated/α-hetero) is 1. The highest BCUT2D eigenvalue weighted by Gasteiger charge is 2.44. The van der Waals surface area contributed by atoms with Gasteiger partial charge in [0.1, 0.15) is 5.41 Å². The Morgan fingerprint density at radius 3 is 2.69 bits per heavy atom. The highest BCUT2D eigenvalue weighted by atomic mass is 16.5. The fraction of sp³-hybridized carbons (Fsp3) is 0.778. The summed E-state index contributed by atoms with van der Waals surface area (Å²) in [6, 6.07) is 0. The summed E-state index contributed by atoms with van der Waals surface area (Å²) in [7, 11) is 3.19. The molecule has 0 saturated carbocycles. The number of likely N-dealkylation sites (N-methyl/N-ethyl adjacent to an activating group) is 1. The van der Waals surface area contributed by atoms with E-state index in [4.69, 9.17) is 0 Å². The second-order valence-corrected chi connectivity index (χ2v) is 3.73. The van der Waals surface area contributed by atoms with Crippen LogP contribution in [0.1, 0.15) is 13.3 Å². The molecule has 1 aliphatic rings. The Morgan fingerprint density at radius 1 is 1.62 bits per heavy atom. The number of carbonyl (C=O) groups is 2. The molecule has 0 aromatic carbocycles. The Bertz CT molecular complexity index is 239. The van der Waals surface area contributed by atoms with Crippen LogP contribution in [0.2, 0.25) is 0 Å². The minimum Gasteiger partial charge on any atom is -0.468 e. The van der Waals surface area contributed by atoms with E-state index in [0.717, 1.165) is 6.54 Å². The molecule has 0 N–H and O–H groups in total. The Hall–Kier alpha value is -0.900. The third-order valence-electron chi connectivity index (χ3n) is 2.66. The zero-order valence-electron chi connectivity index (χ0n) is 8.29. The molecule has 1 rings (SSSR count). The van der Waals surface area contributed by atoms with E-state index < -0.39 is 11.4 Å². The average Bonchev–Trinajstić information content (AvgIpc) is 2.11. The summed E-state index contributed by atoms with van der Waals surface area (Å²) in [5, 5.41) is 0. The van der Waals surface area contributed by atoms with Crippen molar-refractivity contribution in [2.24, 2.45) is 5.41 Å². The van der Waals surface area contributed by atoms with Crippen molar-refractivity contribution in [3.8, 4) is 0 Å². The summed E-state index contributed by atoms with van der Waals surface area (Å²) < 4.78 is 4.62. The molecule has 74 valence electrons. The van der Waals surface area contributed by atoms with Crippen LogP contribution in [0.25, 0.3) is 0 Å². The van der Waals surface area contributed by atoms with E-state index >= 15 is 0 Å². The van der Waals surface area contributed by atoms with E-state index in [0.29, 0.717) is 13.0 Å². The highest BCUT2D eigenvalue weighted by Crippen LogP contribution is 2.28. The Kier molecular flexibility index (Phi) is 2.71. The van der Waals surface area contributed by atoms with Gasteiger partial charge in [0.2, 0.25) is 0 Å². The normalized spacial score (nSPS) is 30.2. The summed E-state index contributed by atoms with van der Waals surface area (Å²) in [4.78, 5) is 24.8. The number of carbonyl (C=O) groups excluding carboxylic acids is 2. The molecule has 1 heterocycles. The Labute approximate surface area is 77.8 Å². The van der Waals surface area contributed by atoms with Crippen molar-refractivity contribution in [3.05, 3.63) is 0 Å². The molecular weight excluding hydrogens is 170 g/mol. The lowest BCUT2D eigenvalue weighted by Gasteiger charge is -2.33. The topological polar surface area (TPSA) is 46.6 Å². The van der Waals surface area contributed by atoms with Gasteiger partial charge >= 0.3 is 5.97 Å². The smallest absolute Gasteiger partial charge is 0.319 e. The molecule has 1 atom stereocenters. The number of ether oxygens (including phenoxy) is 1. The standard InChI is InChI=1S/C9H15NO3/c1-9(8(12)13-3)4-5-10(2)6-7(9)11/h4-6H2,1-3H3. The van der Waals surface area contributed by atoms with Crippen molar-refractivity contribution in [1.29, 1.82) is 0 Å². The van der Waals surface area contributed by atoms with E-state index in [1.165, 1.54) is 7.11 Å². The number of ketones is 1. The van der Waals surface area contributed by atoms with Crippen LogP contribution >= 0.6 is 0 Å². The molecule has 0 aromatic rings. The number of methoxy groups -OCH3 is 1. The van der Waals surface area contributed by atoms with E-state index in [2.05, 4.69) is 4.74 Å². The van der Waals surface area contributed by atoms with Crippen LogP contribution in [0.15, 0.2) is 0 Å². The maximum absolute atomic E-state index is 11.6. The number of hydrogen-bond acceptors (Lipinski definition) is 4. The first kappa shape index (κ1) is 10.2. The van der Waals surface area contributed by atoms with Crippen LogP contribution in [0, 0.1) is 5.41 Å². The van der Waals surface area contributed by atoms with Crippen LogP contribution in [-0.4, -0.2) is 43.9 Å². The van der Waals surface area contributed by atoms with Crippen molar-refractivity contribution in [2.45, 2.75) is 13.3 Å². The van der Waals surface area contributed by atoms with Gasteiger partial charge in [-0.25, -0.2) is 0 Å². The number of piperidine rings is 1. The number of hydrogen-bond donors (Lipinski definition) is 0. The van der Waals surface area contributed by atoms with Crippen molar-refractivity contribution in [1.82, 2.24) is 4.90 Å². The van der Waals surface area contributed by atoms with Crippen LogP contribution in [0.3, 0.4) is 0 Å². The van der Waals surface area contributed by atoms with Crippen molar-refractivity contribution in [3.63, 3.8) is 0 Å². The number of likely N-dealkylation sites (tertiary alicyclic amines) is 1. The predicted octanol–water partition coefficient (Wildman–Crippen LogP) is 0.0703. The maximum atomic E-state index is 11.6. The molecule has 4 nitrogen and oxygen atoms in total. The van der Waals surface area contributed by atoms with Gasteiger partial charge < -0.3 is 4.74 Å². The summed E-state index contributed by atoms with van der Waals surface area (Å²) in [6.45, 7) is 2.76. The molecule has 4 heteroatoms. The fourth-order valence-electron chi connectivity index (χ4n) is 1.49. The first-order valence-corrected chi connectivity index (χ1v) is 4.31. The molecule has 0 bridgehead atoms. The van der Waals surface area contributed by atoms with E-state index in [1.807, 2.05) is 11.9 Å². The lowest BCUT2D eigenvalue weighted by molar-refractivity contribution is -0.159. The van der Waals surface area contributed by atoms with Crippen molar-refractivity contribution >= 4 is 11.8 Å². The lowest BCUT2D eigenvalue weighted by atomic mass is 9.79. The van der Waals surface area contributed by atoms with Crippen molar-refractivity contribution in [2.75, 3.05) is 27.2 Å². The van der Waals surface area contributed by atoms with Gasteiger partial charge in [0.05, 0.1) is 13.7 Å². The average molecular weight is 185 g/mol. The van der Waals surface area contributed by atoms with E-state index in [-0.39, 0.29) is 5.78 Å². The second-order valence-electron chi connectivity index (χ2n) is 3.73. The van der Waals surface area contributed by atoms with E-state index in [9.17, 15) is 9.59 Å². The monoisotopic (exact) mass is 185 g/mol. The van der Waals surface area contributed by atoms with E-state index in [1.54, 1.807) is 6.92 Å². The number of nitrogens with zero attached hydrogens (tertiary/aromatic N) is 1. The third kappa shape index (κ3) is 1.72. The zero-order valence-corrected chi connectivity index (χ0v) is 8.29. The molecule has 0 spiro atoms. The second kappa shape index (κ2) is 3.46. The molecule has 1 saturated heterocycles. The quantitative estimate of drug-likeness (QED) is 0.428. The first-order chi connectivity index (χ1) is 6.00. The third-order valence-corrected chi connectivity index (χ3v) is 2.66. The molecule has 1 aliphatic heterocycles. The van der Waals surface area contributed by atoms with Gasteiger partial charge in [-0.1, -0.05) is 0 Å². The minimum atomic E-state index is -0.915. The van der Waals surface area contributed by atoms with Gasteiger partial charge in [-0.3, -0.25) is 14.5 Å². The van der Waals surface area contributed by atoms with Gasteiger partial charge in [-0.2, -0.15) is 0 Å². The minimum absolute atomic E-state index is 0.0481. The molecule has 1 fully saturated rings. The molecule has 13 heavy (non-hydrogen) atoms. The predicted molar refractivity (Wildman–Crippen MR) is 47.2 cm³/mol. The van der Waals surface area contributed by atoms with Crippen LogP contribution < -0.4 is 0 Å². The summed E-state index contributed by atoms with van der Waals surface area (Å²) in [5.41, 5.74) is -0.915. The van der Waals surface area contributed by atoms with Crippen LogP contribution in [0.4, 0.5) is 0 Å². The molecule has 0 radical (unpaired) electrons. The number of rotatable bonds is 1. The van der Waals surface area contributed by atoms with Gasteiger partial charge in [0.25, 0.3) is 0 Å². The Balaban J connectivity index is 2.79. The Morgan fingerprint density at radius 2 is 2.23 bits per heavy atom.